The molecule has 0 radical (unpaired) electrons. The molecule has 152 valence electrons. The Labute approximate surface area is 166 Å². The molecule has 11 heteroatoms. The number of hydrogen-bond acceptors (Lipinski definition) is 6. The highest BCUT2D eigenvalue weighted by molar-refractivity contribution is 7.90. The number of ketones is 1. The fourth-order valence-electron chi connectivity index (χ4n) is 3.39. The standard InChI is InChI=1S/C18H19FN6O3S/c1-20-17-14-12(9-21-18(14)23-10-22-17)16(26)11-5-4-6-13(15(11)19)24-29(27,28)25-7-2-3-8-25/h4-6,9-10,24H,2-3,7-8H2,1H3,(H2,20,21,22,23). The van der Waals surface area contributed by atoms with Crippen molar-refractivity contribution in [2.75, 3.05) is 30.2 Å². The molecule has 1 saturated heterocycles. The van der Waals surface area contributed by atoms with Crippen LogP contribution in [0.1, 0.15) is 28.8 Å². The first kappa shape index (κ1) is 19.3. The van der Waals surface area contributed by atoms with Crippen LogP contribution in [-0.2, 0) is 10.2 Å². The van der Waals surface area contributed by atoms with Crippen molar-refractivity contribution in [2.24, 2.45) is 0 Å². The van der Waals surface area contributed by atoms with Gasteiger partial charge in [0.15, 0.2) is 11.6 Å². The Bertz CT molecular complexity index is 1190. The van der Waals surface area contributed by atoms with Crippen LogP contribution in [0.4, 0.5) is 15.9 Å². The van der Waals surface area contributed by atoms with E-state index in [1.165, 1.54) is 35.0 Å². The minimum Gasteiger partial charge on any atom is -0.372 e. The normalized spacial score (nSPS) is 15.0. The molecule has 0 saturated carbocycles. The summed E-state index contributed by atoms with van der Waals surface area (Å²) in [6.07, 6.45) is 4.30. The third-order valence-corrected chi connectivity index (χ3v) is 6.36. The molecule has 1 fully saturated rings. The van der Waals surface area contributed by atoms with Gasteiger partial charge in [0, 0.05) is 26.3 Å². The summed E-state index contributed by atoms with van der Waals surface area (Å²) in [6, 6.07) is 4.03. The first-order valence-corrected chi connectivity index (χ1v) is 10.5. The number of carbonyl (C=O) groups excluding carboxylic acids is 1. The average molecular weight is 418 g/mol. The predicted octanol–water partition coefficient (Wildman–Crippen LogP) is 2.12. The molecule has 0 amide bonds. The molecule has 29 heavy (non-hydrogen) atoms. The third-order valence-electron chi connectivity index (χ3n) is 4.84. The van der Waals surface area contributed by atoms with E-state index in [1.54, 1.807) is 7.05 Å². The summed E-state index contributed by atoms with van der Waals surface area (Å²) in [7, 11) is -2.23. The summed E-state index contributed by atoms with van der Waals surface area (Å²) < 4.78 is 43.5. The number of aromatic nitrogens is 3. The van der Waals surface area contributed by atoms with Crippen molar-refractivity contribution < 1.29 is 17.6 Å². The van der Waals surface area contributed by atoms with Gasteiger partial charge >= 0.3 is 10.2 Å². The van der Waals surface area contributed by atoms with Gasteiger partial charge in [-0.1, -0.05) is 6.07 Å². The second kappa shape index (κ2) is 7.41. The maximum atomic E-state index is 15.1. The van der Waals surface area contributed by atoms with Crippen molar-refractivity contribution in [2.45, 2.75) is 12.8 Å². The lowest BCUT2D eigenvalue weighted by molar-refractivity contribution is 0.103. The molecule has 0 spiro atoms. The van der Waals surface area contributed by atoms with Gasteiger partial charge in [-0.3, -0.25) is 9.52 Å². The molecule has 1 aliphatic heterocycles. The maximum Gasteiger partial charge on any atom is 0.301 e. The first-order valence-electron chi connectivity index (χ1n) is 9.03. The fraction of sp³-hybridized carbons (Fsp3) is 0.278. The zero-order valence-corrected chi connectivity index (χ0v) is 16.4. The Kier molecular flexibility index (Phi) is 4.92. The average Bonchev–Trinajstić information content (AvgIpc) is 3.39. The second-order valence-corrected chi connectivity index (χ2v) is 8.28. The van der Waals surface area contributed by atoms with Crippen LogP contribution in [0, 0.1) is 5.82 Å². The summed E-state index contributed by atoms with van der Waals surface area (Å²) in [5.41, 5.74) is 0.0912. The molecule has 0 atom stereocenters. The smallest absolute Gasteiger partial charge is 0.301 e. The summed E-state index contributed by atoms with van der Waals surface area (Å²) in [5, 5.41) is 3.31. The van der Waals surface area contributed by atoms with Crippen LogP contribution in [0.2, 0.25) is 0 Å². The van der Waals surface area contributed by atoms with Crippen LogP contribution in [-0.4, -0.2) is 53.6 Å². The highest BCUT2D eigenvalue weighted by atomic mass is 32.2. The number of hydrogen-bond donors (Lipinski definition) is 3. The van der Waals surface area contributed by atoms with Gasteiger partial charge in [-0.05, 0) is 25.0 Å². The van der Waals surface area contributed by atoms with Crippen molar-refractivity contribution in [3.05, 3.63) is 47.7 Å². The topological polar surface area (TPSA) is 120 Å². The van der Waals surface area contributed by atoms with E-state index in [0.29, 0.717) is 29.9 Å². The van der Waals surface area contributed by atoms with E-state index in [-0.39, 0.29) is 16.8 Å². The lowest BCUT2D eigenvalue weighted by Crippen LogP contribution is -2.33. The van der Waals surface area contributed by atoms with E-state index in [2.05, 4.69) is 25.0 Å². The van der Waals surface area contributed by atoms with E-state index < -0.39 is 21.8 Å². The van der Waals surface area contributed by atoms with Crippen LogP contribution in [0.25, 0.3) is 11.0 Å². The van der Waals surface area contributed by atoms with Gasteiger partial charge in [0.2, 0.25) is 0 Å². The number of halogens is 1. The monoisotopic (exact) mass is 418 g/mol. The van der Waals surface area contributed by atoms with Crippen molar-refractivity contribution in [3.8, 4) is 0 Å². The number of anilines is 2. The third kappa shape index (κ3) is 3.42. The summed E-state index contributed by atoms with van der Waals surface area (Å²) in [4.78, 5) is 24.1. The molecule has 3 heterocycles. The van der Waals surface area contributed by atoms with E-state index in [4.69, 9.17) is 0 Å². The highest BCUT2D eigenvalue weighted by Crippen LogP contribution is 2.28. The van der Waals surface area contributed by atoms with Gasteiger partial charge in [0.25, 0.3) is 0 Å². The predicted molar refractivity (Wildman–Crippen MR) is 107 cm³/mol. The van der Waals surface area contributed by atoms with Crippen molar-refractivity contribution in [3.63, 3.8) is 0 Å². The molecule has 3 aromatic rings. The Hall–Kier alpha value is -3.05. The highest BCUT2D eigenvalue weighted by Gasteiger charge is 2.28. The van der Waals surface area contributed by atoms with Gasteiger partial charge in [-0.25, -0.2) is 14.4 Å². The number of aromatic amines is 1. The van der Waals surface area contributed by atoms with Crippen LogP contribution in [0.5, 0.6) is 0 Å². The lowest BCUT2D eigenvalue weighted by atomic mass is 10.0. The molecule has 1 aromatic carbocycles. The number of nitrogens with zero attached hydrogens (tertiary/aromatic N) is 3. The van der Waals surface area contributed by atoms with Crippen LogP contribution < -0.4 is 10.0 Å². The molecule has 4 rings (SSSR count). The molecular formula is C18H19FN6O3S. The fourth-order valence-corrected chi connectivity index (χ4v) is 4.70. The van der Waals surface area contributed by atoms with Gasteiger partial charge in [0.05, 0.1) is 22.2 Å². The lowest BCUT2D eigenvalue weighted by Gasteiger charge is -2.17. The van der Waals surface area contributed by atoms with Gasteiger partial charge in [-0.2, -0.15) is 12.7 Å². The number of fused-ring (bicyclic) bond motifs is 1. The van der Waals surface area contributed by atoms with Gasteiger partial charge in [-0.15, -0.1) is 0 Å². The Morgan fingerprint density at radius 1 is 1.21 bits per heavy atom. The molecule has 2 aromatic heterocycles. The largest absolute Gasteiger partial charge is 0.372 e. The van der Waals surface area contributed by atoms with Gasteiger partial charge < -0.3 is 10.3 Å². The zero-order chi connectivity index (χ0) is 20.6. The number of nitrogens with one attached hydrogen (secondary N) is 3. The minimum absolute atomic E-state index is 0.184. The van der Waals surface area contributed by atoms with E-state index >= 15 is 4.39 Å². The molecular weight excluding hydrogens is 399 g/mol. The van der Waals surface area contributed by atoms with Crippen molar-refractivity contribution in [1.82, 2.24) is 19.3 Å². The minimum atomic E-state index is -3.88. The molecule has 0 unspecified atom stereocenters. The molecule has 1 aliphatic rings. The van der Waals surface area contributed by atoms with E-state index in [9.17, 15) is 13.2 Å². The SMILES string of the molecule is CNc1ncnc2[nH]cc(C(=O)c3cccc(NS(=O)(=O)N4CCCC4)c3F)c12. The van der Waals surface area contributed by atoms with E-state index in [1.807, 2.05) is 0 Å². The summed E-state index contributed by atoms with van der Waals surface area (Å²) in [6.45, 7) is 0.773. The zero-order valence-electron chi connectivity index (χ0n) is 15.6. The summed E-state index contributed by atoms with van der Waals surface area (Å²) >= 11 is 0. The van der Waals surface area contributed by atoms with Crippen LogP contribution in [0.3, 0.4) is 0 Å². The molecule has 3 N–H and O–H groups in total. The number of H-pyrrole nitrogens is 1. The number of benzene rings is 1. The van der Waals surface area contributed by atoms with Crippen molar-refractivity contribution in [1.29, 1.82) is 0 Å². The van der Waals surface area contributed by atoms with Crippen LogP contribution >= 0.6 is 0 Å². The summed E-state index contributed by atoms with van der Waals surface area (Å²) in [5.74, 6) is -1.12. The van der Waals surface area contributed by atoms with Crippen LogP contribution in [0.15, 0.2) is 30.7 Å². The molecule has 0 aliphatic carbocycles. The maximum absolute atomic E-state index is 15.1. The number of carbonyl (C=O) groups is 1. The molecule has 9 nitrogen and oxygen atoms in total. The second-order valence-electron chi connectivity index (χ2n) is 6.61. The Morgan fingerprint density at radius 3 is 2.69 bits per heavy atom. The number of rotatable bonds is 6. The van der Waals surface area contributed by atoms with Crippen molar-refractivity contribution >= 4 is 38.5 Å². The first-order chi connectivity index (χ1) is 13.9. The Morgan fingerprint density at radius 2 is 1.97 bits per heavy atom. The quantitative estimate of drug-likeness (QED) is 0.528. The molecule has 0 bridgehead atoms. The Balaban J connectivity index is 1.72. The van der Waals surface area contributed by atoms with Gasteiger partial charge in [0.1, 0.15) is 17.8 Å². The van der Waals surface area contributed by atoms with E-state index in [0.717, 1.165) is 12.8 Å².